The summed E-state index contributed by atoms with van der Waals surface area (Å²) >= 11 is 6.24. The second-order valence-corrected chi connectivity index (χ2v) is 5.09. The highest BCUT2D eigenvalue weighted by Crippen LogP contribution is 2.38. The monoisotopic (exact) mass is 278 g/mol. The van der Waals surface area contributed by atoms with Gasteiger partial charge in [0.1, 0.15) is 6.04 Å². The SMILES string of the molecule is CC(CC#N)N(C)c1cc2c(cc1Cl)C(N)C(=O)N2. The number of nitrogens with one attached hydrogen (secondary N) is 1. The molecule has 19 heavy (non-hydrogen) atoms. The molecule has 2 unspecified atom stereocenters. The molecule has 0 radical (unpaired) electrons. The summed E-state index contributed by atoms with van der Waals surface area (Å²) < 4.78 is 0. The third-order valence-electron chi connectivity index (χ3n) is 3.42. The van der Waals surface area contributed by atoms with Crippen molar-refractivity contribution in [2.75, 3.05) is 17.3 Å². The molecule has 0 spiro atoms. The summed E-state index contributed by atoms with van der Waals surface area (Å²) in [6.45, 7) is 1.94. The molecule has 3 N–H and O–H groups in total. The zero-order chi connectivity index (χ0) is 14.2. The van der Waals surface area contributed by atoms with Gasteiger partial charge in [0.2, 0.25) is 5.91 Å². The van der Waals surface area contributed by atoms with Gasteiger partial charge in [-0.25, -0.2) is 0 Å². The summed E-state index contributed by atoms with van der Waals surface area (Å²) in [5.74, 6) is -0.226. The zero-order valence-corrected chi connectivity index (χ0v) is 11.5. The number of nitriles is 1. The van der Waals surface area contributed by atoms with Gasteiger partial charge in [-0.05, 0) is 19.1 Å². The standard InChI is InChI=1S/C13H15ClN4O/c1-7(3-4-15)18(2)11-6-10-8(5-9(11)14)12(16)13(19)17-10/h5-7,12H,3,16H2,1-2H3,(H,17,19). The predicted molar refractivity (Wildman–Crippen MR) is 75.1 cm³/mol. The van der Waals surface area contributed by atoms with Crippen LogP contribution >= 0.6 is 11.6 Å². The van der Waals surface area contributed by atoms with Crippen molar-refractivity contribution in [1.82, 2.24) is 0 Å². The third kappa shape index (κ3) is 2.37. The minimum Gasteiger partial charge on any atom is -0.370 e. The average molecular weight is 279 g/mol. The van der Waals surface area contributed by atoms with Crippen LogP contribution in [0.3, 0.4) is 0 Å². The maximum absolute atomic E-state index is 11.5. The van der Waals surface area contributed by atoms with Gasteiger partial charge >= 0.3 is 0 Å². The Kier molecular flexibility index (Phi) is 3.65. The van der Waals surface area contributed by atoms with E-state index in [4.69, 9.17) is 22.6 Å². The molecule has 1 amide bonds. The van der Waals surface area contributed by atoms with Crippen LogP contribution < -0.4 is 16.0 Å². The van der Waals surface area contributed by atoms with Crippen LogP contribution in [-0.2, 0) is 4.79 Å². The lowest BCUT2D eigenvalue weighted by molar-refractivity contribution is -0.116. The highest BCUT2D eigenvalue weighted by molar-refractivity contribution is 6.33. The number of halogens is 1. The van der Waals surface area contributed by atoms with Gasteiger partial charge in [-0.2, -0.15) is 5.26 Å². The van der Waals surface area contributed by atoms with Crippen molar-refractivity contribution in [2.45, 2.75) is 25.4 Å². The van der Waals surface area contributed by atoms with Crippen molar-refractivity contribution < 1.29 is 4.79 Å². The fourth-order valence-electron chi connectivity index (χ4n) is 2.07. The van der Waals surface area contributed by atoms with Crippen molar-refractivity contribution in [1.29, 1.82) is 5.26 Å². The lowest BCUT2D eigenvalue weighted by Gasteiger charge is -2.26. The van der Waals surface area contributed by atoms with E-state index in [1.165, 1.54) is 0 Å². The summed E-state index contributed by atoms with van der Waals surface area (Å²) in [5, 5.41) is 12.0. The van der Waals surface area contributed by atoms with Gasteiger partial charge in [-0.1, -0.05) is 11.6 Å². The Hall–Kier alpha value is -1.77. The average Bonchev–Trinajstić information content (AvgIpc) is 2.64. The fraction of sp³-hybridized carbons (Fsp3) is 0.385. The van der Waals surface area contributed by atoms with Crippen molar-refractivity contribution in [3.05, 3.63) is 22.7 Å². The second-order valence-electron chi connectivity index (χ2n) is 4.68. The van der Waals surface area contributed by atoms with Gasteiger partial charge in [-0.3, -0.25) is 4.79 Å². The highest BCUT2D eigenvalue weighted by Gasteiger charge is 2.29. The molecule has 1 aromatic carbocycles. The van der Waals surface area contributed by atoms with Crippen molar-refractivity contribution in [3.8, 4) is 6.07 Å². The highest BCUT2D eigenvalue weighted by atomic mass is 35.5. The molecular formula is C13H15ClN4O. The number of hydrogen-bond acceptors (Lipinski definition) is 4. The molecular weight excluding hydrogens is 264 g/mol. The summed E-state index contributed by atoms with van der Waals surface area (Å²) in [6.07, 6.45) is 0.399. The molecule has 2 rings (SSSR count). The van der Waals surface area contributed by atoms with E-state index in [9.17, 15) is 4.79 Å². The van der Waals surface area contributed by atoms with E-state index in [2.05, 4.69) is 11.4 Å². The number of benzene rings is 1. The molecule has 0 fully saturated rings. The van der Waals surface area contributed by atoms with E-state index in [-0.39, 0.29) is 11.9 Å². The molecule has 1 aliphatic heterocycles. The lowest BCUT2D eigenvalue weighted by Crippen LogP contribution is -2.28. The van der Waals surface area contributed by atoms with Gasteiger partial charge < -0.3 is 16.0 Å². The van der Waals surface area contributed by atoms with Gasteiger partial charge in [0.25, 0.3) is 0 Å². The Bertz CT molecular complexity index is 566. The topological polar surface area (TPSA) is 82.2 Å². The van der Waals surface area contributed by atoms with Gasteiger partial charge in [0, 0.05) is 24.3 Å². The number of fused-ring (bicyclic) bond motifs is 1. The van der Waals surface area contributed by atoms with Gasteiger partial charge in [0.15, 0.2) is 0 Å². The maximum Gasteiger partial charge on any atom is 0.245 e. The zero-order valence-electron chi connectivity index (χ0n) is 10.8. The van der Waals surface area contributed by atoms with E-state index in [1.54, 1.807) is 12.1 Å². The summed E-state index contributed by atoms with van der Waals surface area (Å²) in [7, 11) is 1.87. The second kappa shape index (κ2) is 5.08. The molecule has 1 aliphatic rings. The molecule has 100 valence electrons. The number of nitrogens with two attached hydrogens (primary N) is 1. The van der Waals surface area contributed by atoms with Crippen LogP contribution in [-0.4, -0.2) is 19.0 Å². The molecule has 0 aliphatic carbocycles. The fourth-order valence-corrected chi connectivity index (χ4v) is 2.38. The van der Waals surface area contributed by atoms with Gasteiger partial charge in [-0.15, -0.1) is 0 Å². The lowest BCUT2D eigenvalue weighted by atomic mass is 10.1. The molecule has 0 saturated carbocycles. The molecule has 0 aromatic heterocycles. The largest absolute Gasteiger partial charge is 0.370 e. The normalized spacial score (nSPS) is 18.5. The van der Waals surface area contributed by atoms with E-state index < -0.39 is 6.04 Å². The Morgan fingerprint density at radius 2 is 2.32 bits per heavy atom. The van der Waals surface area contributed by atoms with E-state index >= 15 is 0 Å². The summed E-state index contributed by atoms with van der Waals surface area (Å²) in [6, 6.07) is 5.01. The van der Waals surface area contributed by atoms with Crippen LogP contribution in [0.15, 0.2) is 12.1 Å². The number of carbonyl (C=O) groups is 1. The molecule has 5 nitrogen and oxygen atoms in total. The molecule has 6 heteroatoms. The van der Waals surface area contributed by atoms with E-state index in [0.29, 0.717) is 22.7 Å². The number of carbonyl (C=O) groups excluding carboxylic acids is 1. The Morgan fingerprint density at radius 3 is 2.95 bits per heavy atom. The Balaban J connectivity index is 2.37. The molecule has 0 saturated heterocycles. The first kappa shape index (κ1) is 13.7. The molecule has 1 heterocycles. The quantitative estimate of drug-likeness (QED) is 0.886. The molecule has 2 atom stereocenters. The summed E-state index contributed by atoms with van der Waals surface area (Å²) in [5.41, 5.74) is 7.94. The minimum absolute atomic E-state index is 0.0336. The third-order valence-corrected chi connectivity index (χ3v) is 3.72. The number of hydrogen-bond donors (Lipinski definition) is 2. The van der Waals surface area contributed by atoms with Crippen LogP contribution in [0, 0.1) is 11.3 Å². The van der Waals surface area contributed by atoms with Crippen molar-refractivity contribution in [3.63, 3.8) is 0 Å². The van der Waals surface area contributed by atoms with E-state index in [1.807, 2.05) is 18.9 Å². The van der Waals surface area contributed by atoms with Gasteiger partial charge in [0.05, 0.1) is 23.2 Å². The predicted octanol–water partition coefficient (Wildman–Crippen LogP) is 2.03. The summed E-state index contributed by atoms with van der Waals surface area (Å²) in [4.78, 5) is 13.4. The Morgan fingerprint density at radius 1 is 1.63 bits per heavy atom. The smallest absolute Gasteiger partial charge is 0.245 e. The van der Waals surface area contributed by atoms with Crippen LogP contribution in [0.5, 0.6) is 0 Å². The van der Waals surface area contributed by atoms with Crippen molar-refractivity contribution >= 4 is 28.9 Å². The minimum atomic E-state index is -0.664. The first-order valence-electron chi connectivity index (χ1n) is 5.95. The molecule has 1 aromatic rings. The van der Waals surface area contributed by atoms with E-state index in [0.717, 1.165) is 5.69 Å². The first-order valence-corrected chi connectivity index (χ1v) is 6.33. The number of rotatable bonds is 3. The number of anilines is 2. The van der Waals surface area contributed by atoms with Crippen molar-refractivity contribution in [2.24, 2.45) is 5.73 Å². The van der Waals surface area contributed by atoms with Crippen LogP contribution in [0.1, 0.15) is 24.9 Å². The first-order chi connectivity index (χ1) is 8.95. The maximum atomic E-state index is 11.5. The molecule has 0 bridgehead atoms. The number of amides is 1. The van der Waals surface area contributed by atoms with Crippen LogP contribution in [0.4, 0.5) is 11.4 Å². The van der Waals surface area contributed by atoms with Crippen LogP contribution in [0.2, 0.25) is 5.02 Å². The van der Waals surface area contributed by atoms with Crippen LogP contribution in [0.25, 0.3) is 0 Å². The Labute approximate surface area is 116 Å². The number of nitrogens with zero attached hydrogens (tertiary/aromatic N) is 2.